The molecule has 0 aliphatic rings. The van der Waals surface area contributed by atoms with Gasteiger partial charge in [-0.05, 0) is 31.2 Å². The van der Waals surface area contributed by atoms with Crippen LogP contribution in [-0.4, -0.2) is 37.6 Å². The lowest BCUT2D eigenvalue weighted by atomic mass is 9.98. The summed E-state index contributed by atoms with van der Waals surface area (Å²) in [6.45, 7) is 1.78. The van der Waals surface area contributed by atoms with E-state index in [9.17, 15) is 18.4 Å². The van der Waals surface area contributed by atoms with Crippen LogP contribution in [0.25, 0.3) is 10.8 Å². The number of aromatic nitrogens is 1. The Labute approximate surface area is 165 Å². The third-order valence-electron chi connectivity index (χ3n) is 4.29. The molecular weight excluding hydrogens is 384 g/mol. The SMILES string of the molecule is CCOC(=O)c1cnc(C(=O)c2c(F)cccc2F)c2cc(OC)c(OC)cc12. The predicted molar refractivity (Wildman–Crippen MR) is 101 cm³/mol. The van der Waals surface area contributed by atoms with Crippen molar-refractivity contribution in [3.05, 3.63) is 65.0 Å². The molecule has 0 atom stereocenters. The molecule has 29 heavy (non-hydrogen) atoms. The maximum atomic E-state index is 14.2. The maximum Gasteiger partial charge on any atom is 0.340 e. The van der Waals surface area contributed by atoms with Gasteiger partial charge in [-0.2, -0.15) is 0 Å². The molecular formula is C21H17F2NO5. The average molecular weight is 401 g/mol. The normalized spacial score (nSPS) is 10.7. The molecule has 0 bridgehead atoms. The number of benzene rings is 2. The largest absolute Gasteiger partial charge is 0.493 e. The fourth-order valence-electron chi connectivity index (χ4n) is 2.95. The second kappa shape index (κ2) is 8.22. The first-order valence-corrected chi connectivity index (χ1v) is 8.63. The van der Waals surface area contributed by atoms with Crippen LogP contribution in [0.2, 0.25) is 0 Å². The van der Waals surface area contributed by atoms with E-state index in [1.165, 1.54) is 26.4 Å². The summed E-state index contributed by atoms with van der Waals surface area (Å²) in [5, 5.41) is 0.442. The number of ether oxygens (including phenoxy) is 3. The van der Waals surface area contributed by atoms with Crippen LogP contribution in [0.1, 0.15) is 33.3 Å². The van der Waals surface area contributed by atoms with Crippen molar-refractivity contribution in [2.75, 3.05) is 20.8 Å². The molecule has 6 nitrogen and oxygen atoms in total. The van der Waals surface area contributed by atoms with Crippen LogP contribution in [0.15, 0.2) is 36.5 Å². The number of nitrogens with zero attached hydrogens (tertiary/aromatic N) is 1. The molecule has 0 aliphatic carbocycles. The molecule has 0 saturated carbocycles. The van der Waals surface area contributed by atoms with Gasteiger partial charge in [0.05, 0.1) is 32.0 Å². The van der Waals surface area contributed by atoms with E-state index in [1.54, 1.807) is 6.92 Å². The van der Waals surface area contributed by atoms with Crippen LogP contribution >= 0.6 is 0 Å². The fraction of sp³-hybridized carbons (Fsp3) is 0.190. The number of hydrogen-bond donors (Lipinski definition) is 0. The molecule has 3 aromatic rings. The van der Waals surface area contributed by atoms with Crippen molar-refractivity contribution in [2.45, 2.75) is 6.92 Å². The molecule has 0 unspecified atom stereocenters. The first kappa shape index (κ1) is 20.2. The number of fused-ring (bicyclic) bond motifs is 1. The van der Waals surface area contributed by atoms with Crippen LogP contribution in [-0.2, 0) is 4.74 Å². The van der Waals surface area contributed by atoms with E-state index < -0.39 is 29.0 Å². The van der Waals surface area contributed by atoms with E-state index in [-0.39, 0.29) is 34.4 Å². The third-order valence-corrected chi connectivity index (χ3v) is 4.29. The summed E-state index contributed by atoms with van der Waals surface area (Å²) >= 11 is 0. The van der Waals surface area contributed by atoms with Gasteiger partial charge < -0.3 is 14.2 Å². The van der Waals surface area contributed by atoms with Gasteiger partial charge in [-0.25, -0.2) is 13.6 Å². The van der Waals surface area contributed by atoms with E-state index in [0.29, 0.717) is 5.75 Å². The number of pyridine rings is 1. The van der Waals surface area contributed by atoms with E-state index in [0.717, 1.165) is 24.4 Å². The molecule has 8 heteroatoms. The number of hydrogen-bond acceptors (Lipinski definition) is 6. The Kier molecular flexibility index (Phi) is 5.72. The minimum Gasteiger partial charge on any atom is -0.493 e. The second-order valence-corrected chi connectivity index (χ2v) is 5.92. The minimum absolute atomic E-state index is 0.0772. The van der Waals surface area contributed by atoms with E-state index >= 15 is 0 Å². The molecule has 0 spiro atoms. The van der Waals surface area contributed by atoms with Crippen LogP contribution < -0.4 is 9.47 Å². The first-order chi connectivity index (χ1) is 13.9. The molecule has 0 fully saturated rings. The zero-order valence-electron chi connectivity index (χ0n) is 15.9. The van der Waals surface area contributed by atoms with Crippen molar-refractivity contribution in [2.24, 2.45) is 0 Å². The van der Waals surface area contributed by atoms with Crippen molar-refractivity contribution in [3.8, 4) is 11.5 Å². The van der Waals surface area contributed by atoms with Gasteiger partial charge in [0.1, 0.15) is 17.3 Å². The van der Waals surface area contributed by atoms with E-state index in [2.05, 4.69) is 4.98 Å². The molecule has 0 N–H and O–H groups in total. The molecule has 2 aromatic carbocycles. The lowest BCUT2D eigenvalue weighted by molar-refractivity contribution is 0.0528. The fourth-order valence-corrected chi connectivity index (χ4v) is 2.95. The summed E-state index contributed by atoms with van der Waals surface area (Å²) in [5.41, 5.74) is -0.897. The van der Waals surface area contributed by atoms with Gasteiger partial charge in [-0.3, -0.25) is 9.78 Å². The average Bonchev–Trinajstić information content (AvgIpc) is 2.71. The summed E-state index contributed by atoms with van der Waals surface area (Å²) in [5.74, 6) is -3.10. The number of ketones is 1. The summed E-state index contributed by atoms with van der Waals surface area (Å²) in [7, 11) is 2.81. The lowest BCUT2D eigenvalue weighted by Gasteiger charge is -2.14. The lowest BCUT2D eigenvalue weighted by Crippen LogP contribution is -2.13. The number of carbonyl (C=O) groups excluding carboxylic acids is 2. The van der Waals surface area contributed by atoms with Crippen molar-refractivity contribution in [1.82, 2.24) is 4.98 Å². The van der Waals surface area contributed by atoms with Gasteiger partial charge in [0, 0.05) is 17.0 Å². The van der Waals surface area contributed by atoms with Crippen molar-refractivity contribution in [1.29, 1.82) is 0 Å². The van der Waals surface area contributed by atoms with Crippen LogP contribution in [0, 0.1) is 11.6 Å². The summed E-state index contributed by atoms with van der Waals surface area (Å²) in [6.07, 6.45) is 1.14. The molecule has 0 amide bonds. The van der Waals surface area contributed by atoms with E-state index in [4.69, 9.17) is 14.2 Å². The third kappa shape index (κ3) is 3.61. The van der Waals surface area contributed by atoms with Gasteiger partial charge in [-0.15, -0.1) is 0 Å². The first-order valence-electron chi connectivity index (χ1n) is 8.63. The molecule has 0 radical (unpaired) electrons. The molecule has 1 aromatic heterocycles. The highest BCUT2D eigenvalue weighted by molar-refractivity contribution is 6.18. The highest BCUT2D eigenvalue weighted by Crippen LogP contribution is 2.35. The van der Waals surface area contributed by atoms with Gasteiger partial charge in [0.15, 0.2) is 11.5 Å². The Morgan fingerprint density at radius 2 is 1.59 bits per heavy atom. The zero-order valence-corrected chi connectivity index (χ0v) is 15.9. The van der Waals surface area contributed by atoms with Crippen LogP contribution in [0.3, 0.4) is 0 Å². The summed E-state index contributed by atoms with van der Waals surface area (Å²) in [4.78, 5) is 29.3. The number of halogens is 2. The summed E-state index contributed by atoms with van der Waals surface area (Å²) in [6, 6.07) is 6.03. The quantitative estimate of drug-likeness (QED) is 0.460. The Balaban J connectivity index is 2.32. The van der Waals surface area contributed by atoms with E-state index in [1.807, 2.05) is 0 Å². The summed E-state index contributed by atoms with van der Waals surface area (Å²) < 4.78 is 43.8. The van der Waals surface area contributed by atoms with Gasteiger partial charge in [0.25, 0.3) is 0 Å². The van der Waals surface area contributed by atoms with Gasteiger partial charge >= 0.3 is 5.97 Å². The monoisotopic (exact) mass is 401 g/mol. The van der Waals surface area contributed by atoms with Crippen LogP contribution in [0.5, 0.6) is 11.5 Å². The molecule has 0 saturated heterocycles. The highest BCUT2D eigenvalue weighted by Gasteiger charge is 2.25. The Hall–Kier alpha value is -3.55. The Morgan fingerprint density at radius 1 is 1.00 bits per heavy atom. The Morgan fingerprint density at radius 3 is 2.14 bits per heavy atom. The van der Waals surface area contributed by atoms with Crippen molar-refractivity contribution >= 4 is 22.5 Å². The van der Waals surface area contributed by atoms with Crippen molar-refractivity contribution < 1.29 is 32.6 Å². The van der Waals surface area contributed by atoms with Crippen molar-refractivity contribution in [3.63, 3.8) is 0 Å². The van der Waals surface area contributed by atoms with Crippen LogP contribution in [0.4, 0.5) is 8.78 Å². The molecule has 0 aliphatic heterocycles. The smallest absolute Gasteiger partial charge is 0.340 e. The number of methoxy groups -OCH3 is 2. The number of rotatable bonds is 6. The van der Waals surface area contributed by atoms with Gasteiger partial charge in [0.2, 0.25) is 5.78 Å². The predicted octanol–water partition coefficient (Wildman–Crippen LogP) is 3.94. The number of esters is 1. The van der Waals surface area contributed by atoms with Gasteiger partial charge in [-0.1, -0.05) is 6.07 Å². The topological polar surface area (TPSA) is 74.7 Å². The zero-order chi connectivity index (χ0) is 21.1. The second-order valence-electron chi connectivity index (χ2n) is 5.92. The minimum atomic E-state index is -1.01. The Bertz CT molecular complexity index is 1090. The number of carbonyl (C=O) groups is 2. The standard InChI is InChI=1S/C21H17F2NO5/c1-4-29-21(26)13-10-24-19(20(25)18-14(22)6-5-7-15(18)23)12-9-17(28-3)16(27-2)8-11(12)13/h5-10H,4H2,1-3H3. The molecule has 3 rings (SSSR count). The molecule has 1 heterocycles. The highest BCUT2D eigenvalue weighted by atomic mass is 19.1. The maximum absolute atomic E-state index is 14.2. The molecule has 150 valence electrons.